The van der Waals surface area contributed by atoms with Gasteiger partial charge in [0.05, 0.1) is 6.10 Å². The summed E-state index contributed by atoms with van der Waals surface area (Å²) in [7, 11) is 1.72. The number of hydrogen-bond donors (Lipinski definition) is 1. The summed E-state index contributed by atoms with van der Waals surface area (Å²) in [5.74, 6) is 0.832. The molecule has 0 aromatic carbocycles. The van der Waals surface area contributed by atoms with Gasteiger partial charge in [-0.05, 0) is 12.5 Å². The van der Waals surface area contributed by atoms with Crippen LogP contribution in [0.5, 0.6) is 0 Å². The summed E-state index contributed by atoms with van der Waals surface area (Å²) in [4.78, 5) is 13.3. The number of nitrogens with two attached hydrogens (primary N) is 1. The molecule has 0 amide bonds. The second-order valence-corrected chi connectivity index (χ2v) is 4.76. The molecule has 0 radical (unpaired) electrons. The molecule has 6 heteroatoms. The molecule has 0 saturated carbocycles. The van der Waals surface area contributed by atoms with Gasteiger partial charge in [0.25, 0.3) is 0 Å². The fourth-order valence-electron chi connectivity index (χ4n) is 2.28. The number of methoxy groups -OCH3 is 1. The molecule has 2 heterocycles. The quantitative estimate of drug-likeness (QED) is 0.778. The Morgan fingerprint density at radius 3 is 2.53 bits per heavy atom. The number of ether oxygens (including phenoxy) is 1. The summed E-state index contributed by atoms with van der Waals surface area (Å²) < 4.78 is 5.30. The first-order chi connectivity index (χ1) is 9.33. The van der Waals surface area contributed by atoms with Gasteiger partial charge in [0.1, 0.15) is 0 Å². The molecule has 1 unspecified atom stereocenters. The van der Waals surface area contributed by atoms with E-state index in [4.69, 9.17) is 10.5 Å². The van der Waals surface area contributed by atoms with Crippen molar-refractivity contribution in [2.75, 3.05) is 51.3 Å². The van der Waals surface area contributed by atoms with Gasteiger partial charge < -0.3 is 15.4 Å². The first-order valence-corrected chi connectivity index (χ1v) is 6.80. The maximum absolute atomic E-state index is 5.63. The van der Waals surface area contributed by atoms with Crippen molar-refractivity contribution in [3.63, 3.8) is 0 Å². The Labute approximate surface area is 114 Å². The molecule has 2 rings (SSSR count). The molecule has 0 spiro atoms. The molecule has 0 bridgehead atoms. The number of piperazine rings is 1. The monoisotopic (exact) mass is 265 g/mol. The van der Waals surface area contributed by atoms with E-state index in [-0.39, 0.29) is 6.10 Å². The summed E-state index contributed by atoms with van der Waals surface area (Å²) >= 11 is 0. The largest absolute Gasteiger partial charge is 0.380 e. The van der Waals surface area contributed by atoms with Crippen LogP contribution in [0.25, 0.3) is 0 Å². The van der Waals surface area contributed by atoms with Crippen molar-refractivity contribution < 1.29 is 4.74 Å². The van der Waals surface area contributed by atoms with Gasteiger partial charge in [-0.15, -0.1) is 0 Å². The predicted octanol–water partition coefficient (Wildman–Crippen LogP) is -0.0376. The standard InChI is InChI=1S/C13H23N5O/c1-19-12(11-14)3-6-17-7-9-18(10-8-17)13-15-4-2-5-16-13/h2,4-5,12H,3,6-11,14H2,1H3. The van der Waals surface area contributed by atoms with Crippen LogP contribution in [0.4, 0.5) is 5.95 Å². The summed E-state index contributed by atoms with van der Waals surface area (Å²) in [6, 6.07) is 1.84. The number of rotatable bonds is 6. The van der Waals surface area contributed by atoms with E-state index in [0.29, 0.717) is 6.54 Å². The van der Waals surface area contributed by atoms with Crippen molar-refractivity contribution in [3.8, 4) is 0 Å². The van der Waals surface area contributed by atoms with E-state index in [9.17, 15) is 0 Å². The van der Waals surface area contributed by atoms with Gasteiger partial charge >= 0.3 is 0 Å². The van der Waals surface area contributed by atoms with Gasteiger partial charge in [0.2, 0.25) is 5.95 Å². The van der Waals surface area contributed by atoms with Crippen LogP contribution in [0.15, 0.2) is 18.5 Å². The zero-order chi connectivity index (χ0) is 13.5. The highest BCUT2D eigenvalue weighted by Crippen LogP contribution is 2.10. The molecular weight excluding hydrogens is 242 g/mol. The van der Waals surface area contributed by atoms with Crippen molar-refractivity contribution in [1.82, 2.24) is 14.9 Å². The Morgan fingerprint density at radius 2 is 1.95 bits per heavy atom. The van der Waals surface area contributed by atoms with Crippen molar-refractivity contribution in [1.29, 1.82) is 0 Å². The van der Waals surface area contributed by atoms with Crippen molar-refractivity contribution in [2.45, 2.75) is 12.5 Å². The summed E-state index contributed by atoms with van der Waals surface area (Å²) in [6.07, 6.45) is 4.75. The zero-order valence-corrected chi connectivity index (χ0v) is 11.5. The minimum absolute atomic E-state index is 0.176. The molecule has 1 aromatic heterocycles. The Hall–Kier alpha value is -1.24. The molecule has 1 aromatic rings. The Kier molecular flexibility index (Phi) is 5.50. The number of nitrogens with zero attached hydrogens (tertiary/aromatic N) is 4. The van der Waals surface area contributed by atoms with Gasteiger partial charge in [-0.1, -0.05) is 0 Å². The van der Waals surface area contributed by atoms with Crippen LogP contribution in [-0.4, -0.2) is 67.4 Å². The number of anilines is 1. The lowest BCUT2D eigenvalue weighted by Gasteiger charge is -2.35. The lowest BCUT2D eigenvalue weighted by atomic mass is 10.2. The first-order valence-electron chi connectivity index (χ1n) is 6.80. The van der Waals surface area contributed by atoms with E-state index < -0.39 is 0 Å². The molecule has 19 heavy (non-hydrogen) atoms. The van der Waals surface area contributed by atoms with Crippen molar-refractivity contribution >= 4 is 5.95 Å². The van der Waals surface area contributed by atoms with Crippen LogP contribution in [0.2, 0.25) is 0 Å². The fraction of sp³-hybridized carbons (Fsp3) is 0.692. The minimum Gasteiger partial charge on any atom is -0.380 e. The van der Waals surface area contributed by atoms with E-state index in [2.05, 4.69) is 19.8 Å². The third-order valence-corrected chi connectivity index (χ3v) is 3.57. The van der Waals surface area contributed by atoms with Gasteiger partial charge in [-0.25, -0.2) is 9.97 Å². The molecule has 1 aliphatic rings. The molecule has 1 saturated heterocycles. The van der Waals surface area contributed by atoms with E-state index in [1.165, 1.54) is 0 Å². The highest BCUT2D eigenvalue weighted by Gasteiger charge is 2.19. The Morgan fingerprint density at radius 1 is 1.26 bits per heavy atom. The molecule has 6 nitrogen and oxygen atoms in total. The molecular formula is C13H23N5O. The van der Waals surface area contributed by atoms with Crippen LogP contribution in [0.1, 0.15) is 6.42 Å². The Balaban J connectivity index is 1.74. The SMILES string of the molecule is COC(CN)CCN1CCN(c2ncccn2)CC1. The van der Waals surface area contributed by atoms with E-state index in [0.717, 1.165) is 45.1 Å². The number of aromatic nitrogens is 2. The lowest BCUT2D eigenvalue weighted by Crippen LogP contribution is -2.47. The van der Waals surface area contributed by atoms with E-state index in [1.807, 2.05) is 6.07 Å². The number of hydrogen-bond acceptors (Lipinski definition) is 6. The third-order valence-electron chi connectivity index (χ3n) is 3.57. The molecule has 0 aliphatic carbocycles. The van der Waals surface area contributed by atoms with E-state index in [1.54, 1.807) is 19.5 Å². The second-order valence-electron chi connectivity index (χ2n) is 4.76. The smallest absolute Gasteiger partial charge is 0.225 e. The normalized spacial score (nSPS) is 18.5. The highest BCUT2D eigenvalue weighted by atomic mass is 16.5. The topological polar surface area (TPSA) is 67.5 Å². The van der Waals surface area contributed by atoms with Crippen molar-refractivity contribution in [3.05, 3.63) is 18.5 Å². The maximum atomic E-state index is 5.63. The van der Waals surface area contributed by atoms with Gasteiger partial charge in [0.15, 0.2) is 0 Å². The van der Waals surface area contributed by atoms with Crippen molar-refractivity contribution in [2.24, 2.45) is 5.73 Å². The van der Waals surface area contributed by atoms with Gasteiger partial charge in [-0.3, -0.25) is 4.90 Å². The molecule has 106 valence electrons. The van der Waals surface area contributed by atoms with Crippen LogP contribution in [0.3, 0.4) is 0 Å². The van der Waals surface area contributed by atoms with Crippen LogP contribution >= 0.6 is 0 Å². The van der Waals surface area contributed by atoms with Crippen LogP contribution < -0.4 is 10.6 Å². The third kappa shape index (κ3) is 4.12. The van der Waals surface area contributed by atoms with Gasteiger partial charge in [-0.2, -0.15) is 0 Å². The fourth-order valence-corrected chi connectivity index (χ4v) is 2.28. The second kappa shape index (κ2) is 7.37. The minimum atomic E-state index is 0.176. The average Bonchev–Trinajstić information content (AvgIpc) is 2.50. The first kappa shape index (κ1) is 14.2. The van der Waals surface area contributed by atoms with Gasteiger partial charge in [0, 0.05) is 58.8 Å². The maximum Gasteiger partial charge on any atom is 0.225 e. The summed E-state index contributed by atoms with van der Waals surface area (Å²) in [5, 5.41) is 0. The highest BCUT2D eigenvalue weighted by molar-refractivity contribution is 5.29. The molecule has 1 atom stereocenters. The Bertz CT molecular complexity index is 349. The molecule has 1 aliphatic heterocycles. The lowest BCUT2D eigenvalue weighted by molar-refractivity contribution is 0.0884. The molecule has 2 N–H and O–H groups in total. The molecule has 1 fully saturated rings. The summed E-state index contributed by atoms with van der Waals surface area (Å²) in [6.45, 7) is 5.67. The predicted molar refractivity (Wildman–Crippen MR) is 75.2 cm³/mol. The average molecular weight is 265 g/mol. The van der Waals surface area contributed by atoms with Crippen LogP contribution in [-0.2, 0) is 4.74 Å². The van der Waals surface area contributed by atoms with Crippen LogP contribution in [0, 0.1) is 0 Å². The zero-order valence-electron chi connectivity index (χ0n) is 11.5. The van der Waals surface area contributed by atoms with E-state index >= 15 is 0 Å². The summed E-state index contributed by atoms with van der Waals surface area (Å²) in [5.41, 5.74) is 5.63.